The lowest BCUT2D eigenvalue weighted by Crippen LogP contribution is -2.26. The van der Waals surface area contributed by atoms with Gasteiger partial charge in [-0.15, -0.1) is 0 Å². The number of nitrogens with zero attached hydrogens (tertiary/aromatic N) is 3. The van der Waals surface area contributed by atoms with Crippen molar-refractivity contribution in [3.63, 3.8) is 0 Å². The topological polar surface area (TPSA) is 51.3 Å². The van der Waals surface area contributed by atoms with Gasteiger partial charge >= 0.3 is 0 Å². The summed E-state index contributed by atoms with van der Waals surface area (Å²) in [6.45, 7) is 4.24. The fourth-order valence-electron chi connectivity index (χ4n) is 3.43. The highest BCUT2D eigenvalue weighted by Gasteiger charge is 2.21. The van der Waals surface area contributed by atoms with Crippen LogP contribution in [0, 0.1) is 17.0 Å². The zero-order valence-corrected chi connectivity index (χ0v) is 12.6. The Hall–Kier alpha value is -1.88. The van der Waals surface area contributed by atoms with Gasteiger partial charge in [0.2, 0.25) is 0 Å². The van der Waals surface area contributed by atoms with Crippen LogP contribution in [-0.4, -0.2) is 34.0 Å². The van der Waals surface area contributed by atoms with Crippen LogP contribution in [0.5, 0.6) is 0 Å². The van der Waals surface area contributed by atoms with Gasteiger partial charge in [-0.3, -0.25) is 10.1 Å². The summed E-state index contributed by atoms with van der Waals surface area (Å²) in [5.41, 5.74) is 2.43. The summed E-state index contributed by atoms with van der Waals surface area (Å²) in [6.07, 6.45) is 3.71. The maximum atomic E-state index is 10.9. The highest BCUT2D eigenvalue weighted by molar-refractivity contribution is 5.83. The number of hydrogen-bond acceptors (Lipinski definition) is 3. The van der Waals surface area contributed by atoms with Crippen molar-refractivity contribution in [1.82, 2.24) is 9.47 Å². The molecule has 0 bridgehead atoms. The molecule has 21 heavy (non-hydrogen) atoms. The first-order valence-electron chi connectivity index (χ1n) is 7.51. The molecule has 2 aromatic rings. The standard InChI is InChI=1S/C16H21N3O2/c1-12-10-13-11-15(19(20)21)5-6-16(13)18(12)9-7-14-4-3-8-17(14)2/h5-6,10-11,14H,3-4,7-9H2,1-2H3. The van der Waals surface area contributed by atoms with E-state index in [1.54, 1.807) is 12.1 Å². The molecule has 1 unspecified atom stereocenters. The number of non-ortho nitro benzene ring substituents is 1. The van der Waals surface area contributed by atoms with Gasteiger partial charge in [0.15, 0.2) is 0 Å². The van der Waals surface area contributed by atoms with Gasteiger partial charge in [-0.25, -0.2) is 0 Å². The minimum Gasteiger partial charge on any atom is -0.345 e. The van der Waals surface area contributed by atoms with E-state index in [2.05, 4.69) is 23.4 Å². The van der Waals surface area contributed by atoms with Crippen molar-refractivity contribution in [3.8, 4) is 0 Å². The van der Waals surface area contributed by atoms with E-state index >= 15 is 0 Å². The molecule has 1 aromatic carbocycles. The number of fused-ring (bicyclic) bond motifs is 1. The molecule has 0 spiro atoms. The molecule has 1 aliphatic heterocycles. The Bertz CT molecular complexity index is 677. The number of likely N-dealkylation sites (tertiary alicyclic amines) is 1. The first kappa shape index (κ1) is 14.1. The van der Waals surface area contributed by atoms with E-state index in [4.69, 9.17) is 0 Å². The van der Waals surface area contributed by atoms with Crippen molar-refractivity contribution < 1.29 is 4.92 Å². The van der Waals surface area contributed by atoms with E-state index in [1.807, 2.05) is 12.1 Å². The molecule has 3 rings (SSSR count). The Balaban J connectivity index is 1.84. The van der Waals surface area contributed by atoms with Gasteiger partial charge in [0.1, 0.15) is 0 Å². The summed E-state index contributed by atoms with van der Waals surface area (Å²) in [5.74, 6) is 0. The number of nitro groups is 1. The summed E-state index contributed by atoms with van der Waals surface area (Å²) in [5, 5.41) is 11.8. The number of aryl methyl sites for hydroxylation is 2. The lowest BCUT2D eigenvalue weighted by Gasteiger charge is -2.20. The normalized spacial score (nSPS) is 19.4. The van der Waals surface area contributed by atoms with Crippen molar-refractivity contribution in [2.45, 2.75) is 38.8 Å². The zero-order chi connectivity index (χ0) is 15.0. The molecule has 2 heterocycles. The summed E-state index contributed by atoms with van der Waals surface area (Å²) >= 11 is 0. The molecule has 1 saturated heterocycles. The summed E-state index contributed by atoms with van der Waals surface area (Å²) in [7, 11) is 2.20. The number of benzene rings is 1. The van der Waals surface area contributed by atoms with Crippen LogP contribution < -0.4 is 0 Å². The minimum absolute atomic E-state index is 0.162. The maximum Gasteiger partial charge on any atom is 0.270 e. The monoisotopic (exact) mass is 287 g/mol. The van der Waals surface area contributed by atoms with Gasteiger partial charge in [0, 0.05) is 41.3 Å². The maximum absolute atomic E-state index is 10.9. The van der Waals surface area contributed by atoms with Crippen LogP contribution in [0.4, 0.5) is 5.69 Å². The Kier molecular flexibility index (Phi) is 3.68. The molecule has 1 atom stereocenters. The first-order chi connectivity index (χ1) is 10.1. The Labute approximate surface area is 124 Å². The Morgan fingerprint density at radius 1 is 1.38 bits per heavy atom. The van der Waals surface area contributed by atoms with Gasteiger partial charge in [-0.1, -0.05) is 0 Å². The molecule has 5 heteroatoms. The lowest BCUT2D eigenvalue weighted by molar-refractivity contribution is -0.384. The molecule has 5 nitrogen and oxygen atoms in total. The van der Waals surface area contributed by atoms with E-state index < -0.39 is 0 Å². The SMILES string of the molecule is Cc1cc2cc([N+](=O)[O-])ccc2n1CCC1CCCN1C. The molecule has 0 N–H and O–H groups in total. The molecule has 0 radical (unpaired) electrons. The fraction of sp³-hybridized carbons (Fsp3) is 0.500. The molecule has 1 aliphatic rings. The first-order valence-corrected chi connectivity index (χ1v) is 7.51. The van der Waals surface area contributed by atoms with Crippen LogP contribution in [0.3, 0.4) is 0 Å². The van der Waals surface area contributed by atoms with Crippen LogP contribution in [0.15, 0.2) is 24.3 Å². The van der Waals surface area contributed by atoms with Gasteiger partial charge in [-0.2, -0.15) is 0 Å². The lowest BCUT2D eigenvalue weighted by atomic mass is 10.1. The average molecular weight is 287 g/mol. The van der Waals surface area contributed by atoms with E-state index in [0.717, 1.165) is 23.9 Å². The Morgan fingerprint density at radius 2 is 2.19 bits per heavy atom. The van der Waals surface area contributed by atoms with Crippen molar-refractivity contribution in [2.24, 2.45) is 0 Å². The summed E-state index contributed by atoms with van der Waals surface area (Å²) in [4.78, 5) is 13.0. The van der Waals surface area contributed by atoms with E-state index in [1.165, 1.54) is 25.1 Å². The number of aromatic nitrogens is 1. The quantitative estimate of drug-likeness (QED) is 0.640. The highest BCUT2D eigenvalue weighted by atomic mass is 16.6. The van der Waals surface area contributed by atoms with Crippen molar-refractivity contribution in [2.75, 3.05) is 13.6 Å². The third kappa shape index (κ3) is 2.65. The molecule has 1 fully saturated rings. The second-order valence-corrected chi connectivity index (χ2v) is 6.00. The highest BCUT2D eigenvalue weighted by Crippen LogP contribution is 2.26. The van der Waals surface area contributed by atoms with Gasteiger partial charge in [0.05, 0.1) is 4.92 Å². The van der Waals surface area contributed by atoms with Crippen molar-refractivity contribution in [3.05, 3.63) is 40.1 Å². The molecule has 112 valence electrons. The predicted octanol–water partition coefficient (Wildman–Crippen LogP) is 3.34. The number of nitro benzene ring substituents is 1. The van der Waals surface area contributed by atoms with Crippen LogP contribution >= 0.6 is 0 Å². The summed E-state index contributed by atoms with van der Waals surface area (Å²) < 4.78 is 2.28. The second-order valence-electron chi connectivity index (χ2n) is 6.00. The molecular formula is C16H21N3O2. The molecule has 0 aliphatic carbocycles. The zero-order valence-electron chi connectivity index (χ0n) is 12.6. The van der Waals surface area contributed by atoms with Crippen molar-refractivity contribution in [1.29, 1.82) is 0 Å². The second kappa shape index (κ2) is 5.48. The van der Waals surface area contributed by atoms with Crippen LogP contribution in [0.25, 0.3) is 10.9 Å². The third-order valence-electron chi connectivity index (χ3n) is 4.66. The third-order valence-corrected chi connectivity index (χ3v) is 4.66. The molecule has 1 aromatic heterocycles. The number of hydrogen-bond donors (Lipinski definition) is 0. The predicted molar refractivity (Wildman–Crippen MR) is 83.6 cm³/mol. The summed E-state index contributed by atoms with van der Waals surface area (Å²) in [6, 6.07) is 7.85. The van der Waals surface area contributed by atoms with E-state index in [-0.39, 0.29) is 10.6 Å². The van der Waals surface area contributed by atoms with Crippen LogP contribution in [0.2, 0.25) is 0 Å². The van der Waals surface area contributed by atoms with E-state index in [9.17, 15) is 10.1 Å². The van der Waals surface area contributed by atoms with Crippen LogP contribution in [-0.2, 0) is 6.54 Å². The van der Waals surface area contributed by atoms with Gasteiger partial charge in [0.25, 0.3) is 5.69 Å². The molecule has 0 amide bonds. The largest absolute Gasteiger partial charge is 0.345 e. The fourth-order valence-corrected chi connectivity index (χ4v) is 3.43. The average Bonchev–Trinajstić information content (AvgIpc) is 2.98. The van der Waals surface area contributed by atoms with Gasteiger partial charge in [-0.05, 0) is 51.9 Å². The number of rotatable bonds is 4. The molecule has 0 saturated carbocycles. The Morgan fingerprint density at radius 3 is 2.86 bits per heavy atom. The van der Waals surface area contributed by atoms with E-state index in [0.29, 0.717) is 6.04 Å². The van der Waals surface area contributed by atoms with Crippen LogP contribution in [0.1, 0.15) is 25.0 Å². The smallest absolute Gasteiger partial charge is 0.270 e. The van der Waals surface area contributed by atoms with Crippen molar-refractivity contribution >= 4 is 16.6 Å². The van der Waals surface area contributed by atoms with Gasteiger partial charge < -0.3 is 9.47 Å². The molecular weight excluding hydrogens is 266 g/mol. The minimum atomic E-state index is -0.334.